The maximum absolute atomic E-state index is 4.62. The molecule has 3 rings (SSSR count). The highest BCUT2D eigenvalue weighted by Crippen LogP contribution is 2.22. The lowest BCUT2D eigenvalue weighted by molar-refractivity contribution is 0.139. The quantitative estimate of drug-likeness (QED) is 0.943. The van der Waals surface area contributed by atoms with E-state index in [-0.39, 0.29) is 0 Å². The minimum atomic E-state index is 0.639. The number of H-pyrrole nitrogens is 1. The maximum atomic E-state index is 4.62. The number of likely N-dealkylation sites (tertiary alicyclic amines) is 1. The first-order valence-electron chi connectivity index (χ1n) is 8.19. The van der Waals surface area contributed by atoms with Crippen molar-refractivity contribution in [1.29, 1.82) is 0 Å². The summed E-state index contributed by atoms with van der Waals surface area (Å²) >= 11 is 0. The van der Waals surface area contributed by atoms with Crippen LogP contribution in [0.4, 0.5) is 0 Å². The van der Waals surface area contributed by atoms with Crippen LogP contribution in [0.15, 0.2) is 18.6 Å². The number of aromatic amines is 1. The van der Waals surface area contributed by atoms with Gasteiger partial charge in [0.1, 0.15) is 0 Å². The second kappa shape index (κ2) is 6.57. The van der Waals surface area contributed by atoms with Crippen LogP contribution in [0, 0.1) is 12.8 Å². The van der Waals surface area contributed by atoms with Crippen LogP contribution >= 0.6 is 0 Å². The molecule has 2 aromatic rings. The maximum Gasteiger partial charge on any atom is 0.0919 e. The van der Waals surface area contributed by atoms with E-state index in [9.17, 15) is 0 Å². The van der Waals surface area contributed by atoms with Gasteiger partial charge >= 0.3 is 0 Å². The Balaban J connectivity index is 1.65. The Morgan fingerprint density at radius 3 is 2.77 bits per heavy atom. The SMILES string of the molecule is Cc1[nH]ncc1-c1cnc(C[C@@H]2CCCN(C(C)C)C2)cn1. The van der Waals surface area contributed by atoms with Crippen LogP contribution in [0.2, 0.25) is 0 Å². The van der Waals surface area contributed by atoms with Crippen molar-refractivity contribution in [2.24, 2.45) is 5.92 Å². The smallest absolute Gasteiger partial charge is 0.0919 e. The molecule has 0 aliphatic carbocycles. The normalized spacial score (nSPS) is 19.7. The topological polar surface area (TPSA) is 57.7 Å². The van der Waals surface area contributed by atoms with E-state index in [1.54, 1.807) is 6.20 Å². The molecule has 1 aliphatic heterocycles. The van der Waals surface area contributed by atoms with Crippen LogP contribution in [0.5, 0.6) is 0 Å². The van der Waals surface area contributed by atoms with Gasteiger partial charge in [-0.05, 0) is 52.5 Å². The Bertz CT molecular complexity index is 602. The predicted molar refractivity (Wildman–Crippen MR) is 87.5 cm³/mol. The molecule has 0 aromatic carbocycles. The summed E-state index contributed by atoms with van der Waals surface area (Å²) in [6.07, 6.45) is 9.23. The molecule has 1 saturated heterocycles. The van der Waals surface area contributed by atoms with Gasteiger partial charge in [-0.2, -0.15) is 5.10 Å². The molecule has 1 aliphatic rings. The standard InChI is InChI=1S/C17H25N5/c1-12(2)22-6-4-5-14(11-22)7-15-8-19-17(10-18-15)16-9-20-21-13(16)3/h8-10,12,14H,4-7,11H2,1-3H3,(H,20,21)/t14-/m0/s1. The summed E-state index contributed by atoms with van der Waals surface area (Å²) in [5.41, 5.74) is 4.05. The second-order valence-corrected chi connectivity index (χ2v) is 6.60. The number of piperidine rings is 1. The molecule has 5 nitrogen and oxygen atoms in total. The number of aryl methyl sites for hydroxylation is 1. The van der Waals surface area contributed by atoms with Gasteiger partial charge in [-0.15, -0.1) is 0 Å². The number of nitrogens with zero attached hydrogens (tertiary/aromatic N) is 4. The first kappa shape index (κ1) is 15.2. The molecule has 0 unspecified atom stereocenters. The minimum Gasteiger partial charge on any atom is -0.301 e. The molecule has 1 atom stereocenters. The van der Waals surface area contributed by atoms with Gasteiger partial charge in [0.25, 0.3) is 0 Å². The Kier molecular flexibility index (Phi) is 4.52. The van der Waals surface area contributed by atoms with Crippen LogP contribution < -0.4 is 0 Å². The molecule has 2 aromatic heterocycles. The molecular weight excluding hydrogens is 274 g/mol. The number of hydrogen-bond donors (Lipinski definition) is 1. The lowest BCUT2D eigenvalue weighted by Crippen LogP contribution is -2.40. The summed E-state index contributed by atoms with van der Waals surface area (Å²) in [5.74, 6) is 0.701. The molecule has 1 N–H and O–H groups in total. The third kappa shape index (κ3) is 3.35. The predicted octanol–water partition coefficient (Wildman–Crippen LogP) is 2.84. The monoisotopic (exact) mass is 299 g/mol. The van der Waals surface area contributed by atoms with Crippen LogP contribution in [-0.2, 0) is 6.42 Å². The third-order valence-corrected chi connectivity index (χ3v) is 4.59. The highest BCUT2D eigenvalue weighted by Gasteiger charge is 2.22. The number of hydrogen-bond acceptors (Lipinski definition) is 4. The molecule has 0 amide bonds. The van der Waals surface area contributed by atoms with Crippen molar-refractivity contribution in [2.75, 3.05) is 13.1 Å². The molecular formula is C17H25N5. The lowest BCUT2D eigenvalue weighted by atomic mass is 9.93. The molecule has 1 fully saturated rings. The van der Waals surface area contributed by atoms with Crippen molar-refractivity contribution >= 4 is 0 Å². The second-order valence-electron chi connectivity index (χ2n) is 6.60. The highest BCUT2D eigenvalue weighted by atomic mass is 15.2. The zero-order valence-electron chi connectivity index (χ0n) is 13.7. The van der Waals surface area contributed by atoms with Gasteiger partial charge < -0.3 is 4.90 Å². The molecule has 118 valence electrons. The van der Waals surface area contributed by atoms with Crippen LogP contribution in [0.3, 0.4) is 0 Å². The first-order chi connectivity index (χ1) is 10.6. The number of rotatable bonds is 4. The fraction of sp³-hybridized carbons (Fsp3) is 0.588. The fourth-order valence-corrected chi connectivity index (χ4v) is 3.24. The summed E-state index contributed by atoms with van der Waals surface area (Å²) in [6, 6.07) is 0.639. The van der Waals surface area contributed by atoms with E-state index in [4.69, 9.17) is 0 Å². The largest absolute Gasteiger partial charge is 0.301 e. The Morgan fingerprint density at radius 1 is 1.27 bits per heavy atom. The fourth-order valence-electron chi connectivity index (χ4n) is 3.24. The van der Waals surface area contributed by atoms with Crippen molar-refractivity contribution in [3.8, 4) is 11.3 Å². The van der Waals surface area contributed by atoms with Gasteiger partial charge in [0.2, 0.25) is 0 Å². The summed E-state index contributed by atoms with van der Waals surface area (Å²) in [7, 11) is 0. The van der Waals surface area contributed by atoms with Gasteiger partial charge in [0, 0.05) is 30.0 Å². The van der Waals surface area contributed by atoms with Gasteiger partial charge in [0.15, 0.2) is 0 Å². The van der Waals surface area contributed by atoms with Crippen molar-refractivity contribution < 1.29 is 0 Å². The van der Waals surface area contributed by atoms with Crippen molar-refractivity contribution in [2.45, 2.75) is 46.1 Å². The van der Waals surface area contributed by atoms with Crippen LogP contribution in [0.25, 0.3) is 11.3 Å². The van der Waals surface area contributed by atoms with E-state index in [0.29, 0.717) is 12.0 Å². The van der Waals surface area contributed by atoms with Gasteiger partial charge in [0.05, 0.1) is 23.8 Å². The summed E-state index contributed by atoms with van der Waals surface area (Å²) < 4.78 is 0. The van der Waals surface area contributed by atoms with E-state index >= 15 is 0 Å². The average molecular weight is 299 g/mol. The number of nitrogens with one attached hydrogen (secondary N) is 1. The lowest BCUT2D eigenvalue weighted by Gasteiger charge is -2.35. The van der Waals surface area contributed by atoms with Gasteiger partial charge in [-0.25, -0.2) is 0 Å². The summed E-state index contributed by atoms with van der Waals surface area (Å²) in [6.45, 7) is 8.98. The zero-order valence-corrected chi connectivity index (χ0v) is 13.7. The summed E-state index contributed by atoms with van der Waals surface area (Å²) in [4.78, 5) is 11.8. The summed E-state index contributed by atoms with van der Waals surface area (Å²) in [5, 5.41) is 6.98. The van der Waals surface area contributed by atoms with Crippen LogP contribution in [0.1, 0.15) is 38.1 Å². The van der Waals surface area contributed by atoms with Gasteiger partial charge in [-0.1, -0.05) is 0 Å². The van der Waals surface area contributed by atoms with Crippen LogP contribution in [-0.4, -0.2) is 44.2 Å². The third-order valence-electron chi connectivity index (χ3n) is 4.59. The molecule has 5 heteroatoms. The molecule has 22 heavy (non-hydrogen) atoms. The van der Waals surface area contributed by atoms with Crippen molar-refractivity contribution in [1.82, 2.24) is 25.1 Å². The zero-order chi connectivity index (χ0) is 15.5. The Morgan fingerprint density at radius 2 is 2.14 bits per heavy atom. The Labute approximate surface area is 132 Å². The van der Waals surface area contributed by atoms with Crippen molar-refractivity contribution in [3.63, 3.8) is 0 Å². The van der Waals surface area contributed by atoms with E-state index < -0.39 is 0 Å². The highest BCUT2D eigenvalue weighted by molar-refractivity contribution is 5.59. The van der Waals surface area contributed by atoms with E-state index in [1.165, 1.54) is 25.9 Å². The molecule has 0 radical (unpaired) electrons. The average Bonchev–Trinajstić information content (AvgIpc) is 2.94. The molecule has 0 spiro atoms. The first-order valence-corrected chi connectivity index (χ1v) is 8.19. The van der Waals surface area contributed by atoms with E-state index in [1.807, 2.05) is 19.3 Å². The van der Waals surface area contributed by atoms with Crippen molar-refractivity contribution in [3.05, 3.63) is 30.0 Å². The minimum absolute atomic E-state index is 0.639. The molecule has 3 heterocycles. The molecule has 0 saturated carbocycles. The van der Waals surface area contributed by atoms with Gasteiger partial charge in [-0.3, -0.25) is 15.1 Å². The van der Waals surface area contributed by atoms with E-state index in [2.05, 4.69) is 38.9 Å². The van der Waals surface area contributed by atoms with E-state index in [0.717, 1.165) is 29.1 Å². The molecule has 0 bridgehead atoms. The number of aromatic nitrogens is 4. The Hall–Kier alpha value is -1.75.